The van der Waals surface area contributed by atoms with Crippen molar-refractivity contribution in [1.29, 1.82) is 0 Å². The van der Waals surface area contributed by atoms with Crippen LogP contribution in [0.2, 0.25) is 0 Å². The van der Waals surface area contributed by atoms with Gasteiger partial charge in [-0.15, -0.1) is 0 Å². The average Bonchev–Trinajstić information content (AvgIpc) is 2.48. The van der Waals surface area contributed by atoms with E-state index in [1.165, 1.54) is 6.07 Å². The third-order valence-corrected chi connectivity index (χ3v) is 3.34. The van der Waals surface area contributed by atoms with Crippen LogP contribution < -0.4 is 9.47 Å². The number of aryl methyl sites for hydroxylation is 1. The summed E-state index contributed by atoms with van der Waals surface area (Å²) in [7, 11) is 0. The van der Waals surface area contributed by atoms with Gasteiger partial charge in [-0.05, 0) is 19.1 Å². The van der Waals surface area contributed by atoms with Gasteiger partial charge in [-0.3, -0.25) is 0 Å². The van der Waals surface area contributed by atoms with E-state index >= 15 is 0 Å². The fourth-order valence-corrected chi connectivity index (χ4v) is 2.35. The molecule has 0 spiro atoms. The van der Waals surface area contributed by atoms with E-state index in [4.69, 9.17) is 9.47 Å². The summed E-state index contributed by atoms with van der Waals surface area (Å²) < 4.78 is 24.9. The summed E-state index contributed by atoms with van der Waals surface area (Å²) >= 11 is 0. The van der Waals surface area contributed by atoms with Crippen LogP contribution in [0.5, 0.6) is 11.5 Å². The fraction of sp³-hybridized carbons (Fsp3) is 0.250. The van der Waals surface area contributed by atoms with Crippen LogP contribution in [0.15, 0.2) is 36.4 Å². The number of benzene rings is 2. The molecule has 0 bridgehead atoms. The fourth-order valence-electron chi connectivity index (χ4n) is 2.35. The zero-order chi connectivity index (χ0) is 14.1. The number of hydrogen-bond acceptors (Lipinski definition) is 3. The Morgan fingerprint density at radius 1 is 1.10 bits per heavy atom. The topological polar surface area (TPSA) is 38.7 Å². The Hall–Kier alpha value is -2.07. The molecule has 104 valence electrons. The average molecular weight is 274 g/mol. The number of aliphatic hydroxyl groups excluding tert-OH is 1. The highest BCUT2D eigenvalue weighted by Gasteiger charge is 2.23. The smallest absolute Gasteiger partial charge is 0.167 e. The lowest BCUT2D eigenvalue weighted by atomic mass is 9.98. The van der Waals surface area contributed by atoms with Gasteiger partial charge in [0.25, 0.3) is 0 Å². The van der Waals surface area contributed by atoms with Gasteiger partial charge in [0.1, 0.15) is 25.1 Å². The second kappa shape index (κ2) is 5.13. The minimum atomic E-state index is -1.08. The highest BCUT2D eigenvalue weighted by atomic mass is 19.1. The first-order chi connectivity index (χ1) is 9.66. The van der Waals surface area contributed by atoms with Crippen molar-refractivity contribution in [2.75, 3.05) is 13.2 Å². The molecule has 0 amide bonds. The molecule has 4 heteroatoms. The Morgan fingerprint density at radius 3 is 2.75 bits per heavy atom. The van der Waals surface area contributed by atoms with Gasteiger partial charge in [-0.2, -0.15) is 0 Å². The predicted molar refractivity (Wildman–Crippen MR) is 72.6 cm³/mol. The molecule has 2 aromatic carbocycles. The molecule has 1 unspecified atom stereocenters. The van der Waals surface area contributed by atoms with Gasteiger partial charge in [0, 0.05) is 11.1 Å². The van der Waals surface area contributed by atoms with Gasteiger partial charge in [0.15, 0.2) is 11.5 Å². The van der Waals surface area contributed by atoms with Gasteiger partial charge >= 0.3 is 0 Å². The molecule has 0 fully saturated rings. The SMILES string of the molecule is Cc1ccc(F)c(C(O)c2cccc3c2OCCO3)c1. The van der Waals surface area contributed by atoms with Crippen molar-refractivity contribution in [3.8, 4) is 11.5 Å². The molecule has 0 aliphatic carbocycles. The minimum Gasteiger partial charge on any atom is -0.486 e. The van der Waals surface area contributed by atoms with Gasteiger partial charge in [0.05, 0.1) is 0 Å². The van der Waals surface area contributed by atoms with Crippen LogP contribution in [-0.4, -0.2) is 18.3 Å². The summed E-state index contributed by atoms with van der Waals surface area (Å²) in [4.78, 5) is 0. The Morgan fingerprint density at radius 2 is 1.90 bits per heavy atom. The summed E-state index contributed by atoms with van der Waals surface area (Å²) in [5.74, 6) is 0.644. The maximum absolute atomic E-state index is 13.9. The van der Waals surface area contributed by atoms with Crippen LogP contribution in [0.3, 0.4) is 0 Å². The Kier molecular flexibility index (Phi) is 3.32. The van der Waals surface area contributed by atoms with Crippen molar-refractivity contribution in [2.24, 2.45) is 0 Å². The monoisotopic (exact) mass is 274 g/mol. The third kappa shape index (κ3) is 2.23. The number of rotatable bonds is 2. The van der Waals surface area contributed by atoms with Gasteiger partial charge in [0.2, 0.25) is 0 Å². The van der Waals surface area contributed by atoms with Crippen LogP contribution in [0, 0.1) is 12.7 Å². The largest absolute Gasteiger partial charge is 0.486 e. The number of fused-ring (bicyclic) bond motifs is 1. The van der Waals surface area contributed by atoms with Crippen molar-refractivity contribution in [1.82, 2.24) is 0 Å². The van der Waals surface area contributed by atoms with E-state index in [9.17, 15) is 9.50 Å². The van der Waals surface area contributed by atoms with E-state index in [-0.39, 0.29) is 5.56 Å². The molecule has 0 radical (unpaired) electrons. The molecule has 1 N–H and O–H groups in total. The summed E-state index contributed by atoms with van der Waals surface area (Å²) in [6.07, 6.45) is -1.08. The quantitative estimate of drug-likeness (QED) is 0.915. The molecule has 0 aromatic heterocycles. The standard InChI is InChI=1S/C16H15FO3/c1-10-5-6-13(17)12(9-10)15(18)11-3-2-4-14-16(11)20-8-7-19-14/h2-6,9,15,18H,7-8H2,1H3. The van der Waals surface area contributed by atoms with Crippen LogP contribution in [0.1, 0.15) is 22.8 Å². The van der Waals surface area contributed by atoms with Gasteiger partial charge < -0.3 is 14.6 Å². The zero-order valence-corrected chi connectivity index (χ0v) is 11.1. The van der Waals surface area contributed by atoms with E-state index in [0.29, 0.717) is 30.3 Å². The molecule has 0 saturated carbocycles. The van der Waals surface area contributed by atoms with Gasteiger partial charge in [-0.25, -0.2) is 4.39 Å². The second-order valence-corrected chi connectivity index (χ2v) is 4.80. The molecule has 0 saturated heterocycles. The normalized spacial score (nSPS) is 14.9. The minimum absolute atomic E-state index is 0.243. The van der Waals surface area contributed by atoms with E-state index in [0.717, 1.165) is 5.56 Å². The van der Waals surface area contributed by atoms with Crippen molar-refractivity contribution in [2.45, 2.75) is 13.0 Å². The Balaban J connectivity index is 2.06. The first-order valence-electron chi connectivity index (χ1n) is 6.49. The number of hydrogen-bond donors (Lipinski definition) is 1. The summed E-state index contributed by atoms with van der Waals surface area (Å²) in [6, 6.07) is 9.94. The number of halogens is 1. The molecular weight excluding hydrogens is 259 g/mol. The molecular formula is C16H15FO3. The molecule has 1 aliphatic rings. The van der Waals surface area contributed by atoms with Crippen LogP contribution in [0.4, 0.5) is 4.39 Å². The maximum atomic E-state index is 13.9. The molecule has 3 rings (SSSR count). The van der Waals surface area contributed by atoms with Crippen LogP contribution >= 0.6 is 0 Å². The second-order valence-electron chi connectivity index (χ2n) is 4.80. The van der Waals surface area contributed by atoms with Crippen LogP contribution in [0.25, 0.3) is 0 Å². The van der Waals surface area contributed by atoms with Crippen molar-refractivity contribution < 1.29 is 19.0 Å². The third-order valence-electron chi connectivity index (χ3n) is 3.34. The van der Waals surface area contributed by atoms with Crippen LogP contribution in [-0.2, 0) is 0 Å². The first-order valence-corrected chi connectivity index (χ1v) is 6.49. The predicted octanol–water partition coefficient (Wildman–Crippen LogP) is 2.99. The van der Waals surface area contributed by atoms with E-state index in [1.807, 2.05) is 6.92 Å². The van der Waals surface area contributed by atoms with Crippen molar-refractivity contribution in [3.63, 3.8) is 0 Å². The summed E-state index contributed by atoms with van der Waals surface area (Å²) in [5, 5.41) is 10.5. The Labute approximate surface area is 116 Å². The zero-order valence-electron chi connectivity index (χ0n) is 11.1. The molecule has 3 nitrogen and oxygen atoms in total. The highest BCUT2D eigenvalue weighted by Crippen LogP contribution is 2.39. The molecule has 20 heavy (non-hydrogen) atoms. The lowest BCUT2D eigenvalue weighted by molar-refractivity contribution is 0.157. The van der Waals surface area contributed by atoms with Gasteiger partial charge in [-0.1, -0.05) is 29.8 Å². The first kappa shape index (κ1) is 12.9. The summed E-state index contributed by atoms with van der Waals surface area (Å²) in [5.41, 5.74) is 1.65. The molecule has 1 aliphatic heterocycles. The maximum Gasteiger partial charge on any atom is 0.167 e. The van der Waals surface area contributed by atoms with E-state index < -0.39 is 11.9 Å². The number of para-hydroxylation sites is 1. The van der Waals surface area contributed by atoms with E-state index in [1.54, 1.807) is 30.3 Å². The number of aliphatic hydroxyl groups is 1. The van der Waals surface area contributed by atoms with E-state index in [2.05, 4.69) is 0 Å². The van der Waals surface area contributed by atoms with Crippen molar-refractivity contribution >= 4 is 0 Å². The molecule has 1 heterocycles. The highest BCUT2D eigenvalue weighted by molar-refractivity contribution is 5.51. The summed E-state index contributed by atoms with van der Waals surface area (Å²) in [6.45, 7) is 2.76. The number of ether oxygens (including phenoxy) is 2. The van der Waals surface area contributed by atoms with Crippen molar-refractivity contribution in [3.05, 3.63) is 58.9 Å². The Bertz CT molecular complexity index is 640. The molecule has 1 atom stereocenters. The molecule has 2 aromatic rings. The lowest BCUT2D eigenvalue weighted by Crippen LogP contribution is -2.17. The lowest BCUT2D eigenvalue weighted by Gasteiger charge is -2.23.